The fourth-order valence-corrected chi connectivity index (χ4v) is 2.53. The summed E-state index contributed by atoms with van der Waals surface area (Å²) in [5, 5.41) is 12.6. The standard InChI is InChI=1S/C16H16N4O4/c1-17-8-12(22)24-16(23)14-13-15(20(6-7-21)9-18-13)10-4-2-3-5-11(10)19-14/h2-5,9,17,21H,6-8H2,1H3. The number of aromatic nitrogens is 3. The van der Waals surface area contributed by atoms with Crippen molar-refractivity contribution in [2.24, 2.45) is 0 Å². The number of ether oxygens (including phenoxy) is 1. The zero-order valence-corrected chi connectivity index (χ0v) is 13.0. The van der Waals surface area contributed by atoms with E-state index in [1.807, 2.05) is 12.1 Å². The van der Waals surface area contributed by atoms with E-state index in [-0.39, 0.29) is 18.8 Å². The lowest BCUT2D eigenvalue weighted by Crippen LogP contribution is -2.24. The van der Waals surface area contributed by atoms with Crippen molar-refractivity contribution < 1.29 is 19.4 Å². The number of imidazole rings is 1. The summed E-state index contributed by atoms with van der Waals surface area (Å²) in [5.41, 5.74) is 1.56. The molecular formula is C16H16N4O4. The first-order chi connectivity index (χ1) is 11.7. The molecule has 2 aromatic heterocycles. The summed E-state index contributed by atoms with van der Waals surface area (Å²) in [4.78, 5) is 32.4. The van der Waals surface area contributed by atoms with Crippen LogP contribution in [0.25, 0.3) is 21.9 Å². The molecule has 0 unspecified atom stereocenters. The minimum atomic E-state index is -0.847. The van der Waals surface area contributed by atoms with Gasteiger partial charge in [0.15, 0.2) is 5.69 Å². The van der Waals surface area contributed by atoms with Crippen molar-refractivity contribution in [3.63, 3.8) is 0 Å². The van der Waals surface area contributed by atoms with E-state index in [9.17, 15) is 14.7 Å². The van der Waals surface area contributed by atoms with Crippen molar-refractivity contribution in [1.82, 2.24) is 19.9 Å². The van der Waals surface area contributed by atoms with Crippen LogP contribution < -0.4 is 5.32 Å². The number of para-hydroxylation sites is 1. The Bertz CT molecular complexity index is 919. The molecule has 0 atom stereocenters. The topological polar surface area (TPSA) is 106 Å². The number of carbonyl (C=O) groups is 2. The average Bonchev–Trinajstić information content (AvgIpc) is 2.99. The molecule has 2 heterocycles. The van der Waals surface area contributed by atoms with Crippen LogP contribution in [0.4, 0.5) is 0 Å². The highest BCUT2D eigenvalue weighted by molar-refractivity contribution is 6.12. The van der Waals surface area contributed by atoms with Crippen molar-refractivity contribution >= 4 is 33.9 Å². The number of hydrogen-bond donors (Lipinski definition) is 2. The molecule has 8 heteroatoms. The third-order valence-electron chi connectivity index (χ3n) is 3.52. The molecule has 0 bridgehead atoms. The summed E-state index contributed by atoms with van der Waals surface area (Å²) >= 11 is 0. The summed E-state index contributed by atoms with van der Waals surface area (Å²) < 4.78 is 6.54. The molecule has 0 aliphatic heterocycles. The molecule has 0 radical (unpaired) electrons. The highest BCUT2D eigenvalue weighted by Gasteiger charge is 2.22. The molecule has 8 nitrogen and oxygen atoms in total. The molecule has 0 saturated heterocycles. The minimum absolute atomic E-state index is 0.0233. The number of nitrogens with one attached hydrogen (secondary N) is 1. The predicted molar refractivity (Wildman–Crippen MR) is 86.5 cm³/mol. The third kappa shape index (κ3) is 2.84. The lowest BCUT2D eigenvalue weighted by Gasteiger charge is -2.08. The van der Waals surface area contributed by atoms with E-state index >= 15 is 0 Å². The number of aliphatic hydroxyl groups excluding tert-OH is 1. The summed E-state index contributed by atoms with van der Waals surface area (Å²) in [7, 11) is 1.58. The Kier molecular flexibility index (Phi) is 4.50. The maximum Gasteiger partial charge on any atom is 0.366 e. The third-order valence-corrected chi connectivity index (χ3v) is 3.52. The zero-order chi connectivity index (χ0) is 17.1. The van der Waals surface area contributed by atoms with E-state index in [2.05, 4.69) is 15.3 Å². The molecular weight excluding hydrogens is 312 g/mol. The number of pyridine rings is 1. The molecule has 24 heavy (non-hydrogen) atoms. The molecule has 1 aromatic carbocycles. The van der Waals surface area contributed by atoms with E-state index in [4.69, 9.17) is 4.74 Å². The largest absolute Gasteiger partial charge is 0.395 e. The average molecular weight is 328 g/mol. The fourth-order valence-electron chi connectivity index (χ4n) is 2.53. The number of esters is 2. The SMILES string of the molecule is CNCC(=O)OC(=O)c1nc2ccccc2c2c1ncn2CCO. The normalized spacial score (nSPS) is 11.1. The van der Waals surface area contributed by atoms with Crippen LogP contribution in [0.3, 0.4) is 0 Å². The van der Waals surface area contributed by atoms with Gasteiger partial charge < -0.3 is 19.7 Å². The van der Waals surface area contributed by atoms with Crippen LogP contribution in [0.15, 0.2) is 30.6 Å². The van der Waals surface area contributed by atoms with Gasteiger partial charge in [0.1, 0.15) is 5.52 Å². The highest BCUT2D eigenvalue weighted by atomic mass is 16.6. The molecule has 0 fully saturated rings. The van der Waals surface area contributed by atoms with E-state index in [0.717, 1.165) is 5.39 Å². The Morgan fingerprint density at radius 3 is 2.88 bits per heavy atom. The smallest absolute Gasteiger partial charge is 0.366 e. The highest BCUT2D eigenvalue weighted by Crippen LogP contribution is 2.26. The summed E-state index contributed by atoms with van der Waals surface area (Å²) in [5.74, 6) is -1.54. The van der Waals surface area contributed by atoms with Crippen LogP contribution in [-0.2, 0) is 16.1 Å². The maximum atomic E-state index is 12.3. The second-order valence-electron chi connectivity index (χ2n) is 5.13. The van der Waals surface area contributed by atoms with Gasteiger partial charge in [0.05, 0.1) is 30.5 Å². The van der Waals surface area contributed by atoms with Gasteiger partial charge in [-0.3, -0.25) is 4.79 Å². The van der Waals surface area contributed by atoms with Gasteiger partial charge in [-0.05, 0) is 13.1 Å². The second-order valence-corrected chi connectivity index (χ2v) is 5.13. The maximum absolute atomic E-state index is 12.3. The quantitative estimate of drug-likeness (QED) is 0.518. The van der Waals surface area contributed by atoms with E-state index in [1.165, 1.54) is 6.33 Å². The van der Waals surface area contributed by atoms with Crippen molar-refractivity contribution in [2.45, 2.75) is 6.54 Å². The number of benzene rings is 1. The molecule has 0 aliphatic rings. The van der Waals surface area contributed by atoms with Crippen LogP contribution in [0, 0.1) is 0 Å². The van der Waals surface area contributed by atoms with Crippen LogP contribution in [0.2, 0.25) is 0 Å². The van der Waals surface area contributed by atoms with E-state index < -0.39 is 11.9 Å². The van der Waals surface area contributed by atoms with Crippen LogP contribution in [-0.4, -0.2) is 51.8 Å². The van der Waals surface area contributed by atoms with Crippen LogP contribution >= 0.6 is 0 Å². The number of hydrogen-bond acceptors (Lipinski definition) is 7. The summed E-state index contributed by atoms with van der Waals surface area (Å²) in [6, 6.07) is 7.28. The first-order valence-corrected chi connectivity index (χ1v) is 7.39. The fraction of sp³-hybridized carbons (Fsp3) is 0.250. The van der Waals surface area contributed by atoms with Gasteiger partial charge in [-0.1, -0.05) is 18.2 Å². The summed E-state index contributed by atoms with van der Waals surface area (Å²) in [6.45, 7) is 0.182. The molecule has 0 aliphatic carbocycles. The van der Waals surface area contributed by atoms with Crippen molar-refractivity contribution in [2.75, 3.05) is 20.2 Å². The Labute approximate surface area is 137 Å². The zero-order valence-electron chi connectivity index (χ0n) is 13.0. The van der Waals surface area contributed by atoms with Gasteiger partial charge in [-0.2, -0.15) is 0 Å². The van der Waals surface area contributed by atoms with Gasteiger partial charge in [0.25, 0.3) is 0 Å². The van der Waals surface area contributed by atoms with E-state index in [1.54, 1.807) is 23.7 Å². The van der Waals surface area contributed by atoms with Gasteiger partial charge in [0, 0.05) is 11.9 Å². The Balaban J connectivity index is 2.16. The van der Waals surface area contributed by atoms with Gasteiger partial charge in [-0.25, -0.2) is 14.8 Å². The second kappa shape index (κ2) is 6.73. The van der Waals surface area contributed by atoms with Crippen LogP contribution in [0.5, 0.6) is 0 Å². The monoisotopic (exact) mass is 328 g/mol. The molecule has 0 spiro atoms. The van der Waals surface area contributed by atoms with Gasteiger partial charge >= 0.3 is 11.9 Å². The minimum Gasteiger partial charge on any atom is -0.395 e. The number of nitrogens with zero attached hydrogens (tertiary/aromatic N) is 3. The van der Waals surface area contributed by atoms with Gasteiger partial charge in [0.2, 0.25) is 0 Å². The van der Waals surface area contributed by atoms with Gasteiger partial charge in [-0.15, -0.1) is 0 Å². The number of likely N-dealkylation sites (N-methyl/N-ethyl adjacent to an activating group) is 1. The molecule has 3 aromatic rings. The lowest BCUT2D eigenvalue weighted by molar-refractivity contribution is -0.136. The first-order valence-electron chi connectivity index (χ1n) is 7.39. The van der Waals surface area contributed by atoms with E-state index in [0.29, 0.717) is 23.1 Å². The number of carbonyl (C=O) groups excluding carboxylic acids is 2. The molecule has 2 N–H and O–H groups in total. The van der Waals surface area contributed by atoms with Crippen molar-refractivity contribution in [1.29, 1.82) is 0 Å². The molecule has 0 amide bonds. The number of aliphatic hydroxyl groups is 1. The number of rotatable bonds is 5. The van der Waals surface area contributed by atoms with Crippen molar-refractivity contribution in [3.8, 4) is 0 Å². The van der Waals surface area contributed by atoms with Crippen molar-refractivity contribution in [3.05, 3.63) is 36.3 Å². The first kappa shape index (κ1) is 16.0. The number of fused-ring (bicyclic) bond motifs is 3. The Hall–Kier alpha value is -2.84. The molecule has 124 valence electrons. The Morgan fingerprint density at radius 2 is 2.12 bits per heavy atom. The van der Waals surface area contributed by atoms with Crippen LogP contribution in [0.1, 0.15) is 10.5 Å². The Morgan fingerprint density at radius 1 is 1.33 bits per heavy atom. The predicted octanol–water partition coefficient (Wildman–Crippen LogP) is 0.480. The molecule has 3 rings (SSSR count). The lowest BCUT2D eigenvalue weighted by atomic mass is 10.1. The summed E-state index contributed by atoms with van der Waals surface area (Å²) in [6.07, 6.45) is 1.53. The molecule has 0 saturated carbocycles.